The lowest BCUT2D eigenvalue weighted by Crippen LogP contribution is -2.23. The van der Waals surface area contributed by atoms with Gasteiger partial charge in [0, 0.05) is 25.1 Å². The van der Waals surface area contributed by atoms with Crippen molar-refractivity contribution in [2.75, 3.05) is 20.0 Å². The predicted octanol–water partition coefficient (Wildman–Crippen LogP) is 2.58. The van der Waals surface area contributed by atoms with Gasteiger partial charge in [0.2, 0.25) is 0 Å². The van der Waals surface area contributed by atoms with Crippen LogP contribution in [0, 0.1) is 10.1 Å². The molecule has 2 aromatic rings. The molecule has 0 aliphatic heterocycles. The van der Waals surface area contributed by atoms with Crippen LogP contribution in [-0.2, 0) is 20.8 Å². The first kappa shape index (κ1) is 27.4. The van der Waals surface area contributed by atoms with Crippen LogP contribution in [-0.4, -0.2) is 37.0 Å². The van der Waals surface area contributed by atoms with E-state index in [1.807, 2.05) is 0 Å². The highest BCUT2D eigenvalue weighted by molar-refractivity contribution is 7.59. The largest absolute Gasteiger partial charge is 0.469 e. The van der Waals surface area contributed by atoms with Crippen LogP contribution in [0.3, 0.4) is 0 Å². The fourth-order valence-corrected chi connectivity index (χ4v) is 2.17. The van der Waals surface area contributed by atoms with Gasteiger partial charge >= 0.3 is 11.9 Å². The first-order chi connectivity index (χ1) is 14.2. The highest BCUT2D eigenvalue weighted by atomic mass is 32.1. The summed E-state index contributed by atoms with van der Waals surface area (Å²) in [7, 11) is 2.68. The smallest absolute Gasteiger partial charge is 0.337 e. The molecule has 0 fully saturated rings. The van der Waals surface area contributed by atoms with E-state index >= 15 is 0 Å². The quantitative estimate of drug-likeness (QED) is 0.294. The molecule has 0 aliphatic carbocycles. The van der Waals surface area contributed by atoms with E-state index < -0.39 is 16.8 Å². The molecule has 168 valence electrons. The number of carbonyl (C=O) groups is 3. The zero-order chi connectivity index (χ0) is 22.7. The first-order valence-corrected chi connectivity index (χ1v) is 8.79. The molecule has 0 unspecified atom stereocenters. The SMILES string of the molecule is CCC(=O)OC.COC(=O)c1ccc(CNC(=O)c2ccc([N+](=O)[O-])cc2N)cc1.S. The Morgan fingerprint density at radius 3 is 2.10 bits per heavy atom. The van der Waals surface area contributed by atoms with Gasteiger partial charge in [-0.25, -0.2) is 4.79 Å². The number of carbonyl (C=O) groups excluding carboxylic acids is 3. The molecule has 0 heterocycles. The number of nitrogens with two attached hydrogens (primary N) is 1. The number of nitro benzene ring substituents is 1. The summed E-state index contributed by atoms with van der Waals surface area (Å²) in [6, 6.07) is 10.2. The van der Waals surface area contributed by atoms with Gasteiger partial charge in [0.1, 0.15) is 0 Å². The second kappa shape index (κ2) is 13.6. The number of anilines is 1. The van der Waals surface area contributed by atoms with Crippen molar-refractivity contribution in [3.8, 4) is 0 Å². The molecule has 11 heteroatoms. The van der Waals surface area contributed by atoms with Crippen LogP contribution < -0.4 is 11.1 Å². The highest BCUT2D eigenvalue weighted by Crippen LogP contribution is 2.19. The molecule has 0 radical (unpaired) electrons. The number of rotatable bonds is 6. The lowest BCUT2D eigenvalue weighted by molar-refractivity contribution is -0.384. The molecular formula is C20H25N3O7S. The third-order valence-electron chi connectivity index (χ3n) is 3.84. The van der Waals surface area contributed by atoms with Gasteiger partial charge in [-0.1, -0.05) is 19.1 Å². The van der Waals surface area contributed by atoms with E-state index in [1.165, 1.54) is 26.4 Å². The number of esters is 2. The minimum Gasteiger partial charge on any atom is -0.469 e. The maximum Gasteiger partial charge on any atom is 0.337 e. The number of nitrogen functional groups attached to an aromatic ring is 1. The van der Waals surface area contributed by atoms with Gasteiger partial charge < -0.3 is 20.5 Å². The zero-order valence-electron chi connectivity index (χ0n) is 17.3. The number of ether oxygens (including phenoxy) is 2. The molecule has 0 saturated heterocycles. The van der Waals surface area contributed by atoms with Gasteiger partial charge in [-0.05, 0) is 23.8 Å². The fraction of sp³-hybridized carbons (Fsp3) is 0.250. The van der Waals surface area contributed by atoms with E-state index in [1.54, 1.807) is 31.2 Å². The van der Waals surface area contributed by atoms with Gasteiger partial charge in [-0.2, -0.15) is 13.5 Å². The monoisotopic (exact) mass is 451 g/mol. The molecule has 0 spiro atoms. The summed E-state index contributed by atoms with van der Waals surface area (Å²) in [5.41, 5.74) is 6.88. The van der Waals surface area contributed by atoms with Crippen molar-refractivity contribution in [3.05, 3.63) is 69.3 Å². The molecular weight excluding hydrogens is 426 g/mol. The number of nitro groups is 1. The van der Waals surface area contributed by atoms with E-state index in [0.29, 0.717) is 12.0 Å². The maximum atomic E-state index is 12.1. The summed E-state index contributed by atoms with van der Waals surface area (Å²) in [6.45, 7) is 1.97. The third-order valence-corrected chi connectivity index (χ3v) is 3.84. The first-order valence-electron chi connectivity index (χ1n) is 8.79. The maximum absolute atomic E-state index is 12.1. The lowest BCUT2D eigenvalue weighted by atomic mass is 10.1. The van der Waals surface area contributed by atoms with Gasteiger partial charge in [-0.15, -0.1) is 0 Å². The second-order valence-corrected chi connectivity index (χ2v) is 5.83. The summed E-state index contributed by atoms with van der Waals surface area (Å²) < 4.78 is 8.86. The van der Waals surface area contributed by atoms with Crippen LogP contribution in [0.1, 0.15) is 39.6 Å². The van der Waals surface area contributed by atoms with E-state index in [2.05, 4.69) is 14.8 Å². The Hall–Kier alpha value is -3.60. The minimum absolute atomic E-state index is 0. The number of methoxy groups -OCH3 is 2. The van der Waals surface area contributed by atoms with Gasteiger partial charge in [0.05, 0.1) is 36.0 Å². The van der Waals surface area contributed by atoms with Crippen LogP contribution in [0.15, 0.2) is 42.5 Å². The van der Waals surface area contributed by atoms with Crippen molar-refractivity contribution in [3.63, 3.8) is 0 Å². The standard InChI is InChI=1S/C16H15N3O5.C4H8O2.H2S/c1-24-16(21)11-4-2-10(3-5-11)9-18-15(20)13-7-6-12(19(22)23)8-14(13)17;1-3-4(5)6-2;/h2-8H,9,17H2,1H3,(H,18,20);3H2,1-2H3;1H2. The Kier molecular flexibility index (Phi) is 12.0. The molecule has 10 nitrogen and oxygen atoms in total. The number of hydrogen-bond donors (Lipinski definition) is 2. The van der Waals surface area contributed by atoms with E-state index in [4.69, 9.17) is 5.73 Å². The van der Waals surface area contributed by atoms with Gasteiger partial charge in [0.15, 0.2) is 0 Å². The van der Waals surface area contributed by atoms with Crippen LogP contribution >= 0.6 is 13.5 Å². The number of hydrogen-bond acceptors (Lipinski definition) is 8. The van der Waals surface area contributed by atoms with Gasteiger partial charge in [-0.3, -0.25) is 19.7 Å². The van der Waals surface area contributed by atoms with Crippen LogP contribution in [0.2, 0.25) is 0 Å². The second-order valence-electron chi connectivity index (χ2n) is 5.83. The fourth-order valence-electron chi connectivity index (χ4n) is 2.17. The number of nitrogens with zero attached hydrogens (tertiary/aromatic N) is 1. The lowest BCUT2D eigenvalue weighted by Gasteiger charge is -2.08. The summed E-state index contributed by atoms with van der Waals surface area (Å²) >= 11 is 0. The minimum atomic E-state index is -0.582. The number of non-ortho nitro benzene ring substituents is 1. The molecule has 2 rings (SSSR count). The number of benzene rings is 2. The summed E-state index contributed by atoms with van der Waals surface area (Å²) in [4.78, 5) is 43.5. The van der Waals surface area contributed by atoms with Crippen molar-refractivity contribution in [1.82, 2.24) is 5.32 Å². The van der Waals surface area contributed by atoms with Crippen molar-refractivity contribution in [2.24, 2.45) is 0 Å². The molecule has 0 aromatic heterocycles. The summed E-state index contributed by atoms with van der Waals surface area (Å²) in [5, 5.41) is 13.3. The Labute approximate surface area is 186 Å². The molecule has 31 heavy (non-hydrogen) atoms. The van der Waals surface area contributed by atoms with Gasteiger partial charge in [0.25, 0.3) is 11.6 Å². The molecule has 0 saturated carbocycles. The Bertz CT molecular complexity index is 911. The Morgan fingerprint density at radius 1 is 1.06 bits per heavy atom. The van der Waals surface area contributed by atoms with Crippen molar-refractivity contribution >= 4 is 42.7 Å². The number of amides is 1. The van der Waals surface area contributed by atoms with Crippen molar-refractivity contribution in [1.29, 1.82) is 0 Å². The van der Waals surface area contributed by atoms with E-state index in [9.17, 15) is 24.5 Å². The average molecular weight is 452 g/mol. The Morgan fingerprint density at radius 2 is 1.68 bits per heavy atom. The van der Waals surface area contributed by atoms with Crippen LogP contribution in [0.5, 0.6) is 0 Å². The summed E-state index contributed by atoms with van der Waals surface area (Å²) in [5.74, 6) is -1.04. The molecule has 0 aliphatic rings. The molecule has 2 aromatic carbocycles. The Balaban J connectivity index is 0.00000113. The zero-order valence-corrected chi connectivity index (χ0v) is 18.3. The highest BCUT2D eigenvalue weighted by Gasteiger charge is 2.14. The molecule has 1 amide bonds. The normalized spacial score (nSPS) is 9.26. The number of nitrogens with one attached hydrogen (secondary N) is 1. The molecule has 3 N–H and O–H groups in total. The molecule has 0 bridgehead atoms. The van der Waals surface area contributed by atoms with Crippen molar-refractivity contribution < 1.29 is 28.8 Å². The third kappa shape index (κ3) is 8.74. The summed E-state index contributed by atoms with van der Waals surface area (Å²) in [6.07, 6.45) is 0.469. The van der Waals surface area contributed by atoms with E-state index in [-0.39, 0.29) is 42.9 Å². The predicted molar refractivity (Wildman–Crippen MR) is 119 cm³/mol. The van der Waals surface area contributed by atoms with E-state index in [0.717, 1.165) is 11.6 Å². The van der Waals surface area contributed by atoms with Crippen molar-refractivity contribution in [2.45, 2.75) is 19.9 Å². The van der Waals surface area contributed by atoms with Crippen LogP contribution in [0.25, 0.3) is 0 Å². The topological polar surface area (TPSA) is 151 Å². The van der Waals surface area contributed by atoms with Crippen LogP contribution in [0.4, 0.5) is 11.4 Å². The average Bonchev–Trinajstić information content (AvgIpc) is 2.76. The molecule has 0 atom stereocenters.